The maximum atomic E-state index is 5.94. The van der Waals surface area contributed by atoms with Gasteiger partial charge in [-0.3, -0.25) is 0 Å². The van der Waals surface area contributed by atoms with Gasteiger partial charge in [-0.05, 0) is 12.8 Å². The summed E-state index contributed by atoms with van der Waals surface area (Å²) in [5, 5.41) is 0. The quantitative estimate of drug-likeness (QED) is 0.342. The minimum absolute atomic E-state index is 0.0595. The summed E-state index contributed by atoms with van der Waals surface area (Å²) in [6.07, 6.45) is 9.94. The maximum Gasteiger partial charge on any atom is 0.162 e. The van der Waals surface area contributed by atoms with Crippen molar-refractivity contribution in [1.82, 2.24) is 0 Å². The number of hydrogen-bond acceptors (Lipinski definition) is 2. The molecule has 0 amide bonds. The van der Waals surface area contributed by atoms with Crippen molar-refractivity contribution in [2.75, 3.05) is 13.2 Å². The summed E-state index contributed by atoms with van der Waals surface area (Å²) in [4.78, 5) is 0. The molecular weight excluding hydrogens is 236 g/mol. The first-order chi connectivity index (χ1) is 9.02. The Labute approximate surface area is 121 Å². The lowest BCUT2D eigenvalue weighted by Crippen LogP contribution is -2.32. The average molecular weight is 272 g/mol. The van der Waals surface area contributed by atoms with Crippen molar-refractivity contribution in [1.29, 1.82) is 0 Å². The van der Waals surface area contributed by atoms with Crippen LogP contribution in [0.3, 0.4) is 0 Å². The van der Waals surface area contributed by atoms with Gasteiger partial charge >= 0.3 is 0 Å². The third-order valence-corrected chi connectivity index (χ3v) is 3.24. The number of unbranched alkanes of at least 4 members (excludes halogenated alkanes) is 6. The van der Waals surface area contributed by atoms with E-state index in [0.29, 0.717) is 0 Å². The zero-order valence-electron chi connectivity index (χ0n) is 14.0. The third kappa shape index (κ3) is 11.4. The van der Waals surface area contributed by atoms with Gasteiger partial charge in [0.15, 0.2) is 6.29 Å². The Hall–Kier alpha value is -0.0800. The molecule has 0 N–H and O–H groups in total. The fourth-order valence-electron chi connectivity index (χ4n) is 1.99. The summed E-state index contributed by atoms with van der Waals surface area (Å²) in [5.41, 5.74) is 0.0650. The molecule has 0 aromatic heterocycles. The van der Waals surface area contributed by atoms with Crippen molar-refractivity contribution in [2.45, 2.75) is 92.3 Å². The number of rotatable bonds is 12. The molecule has 0 saturated carbocycles. The maximum absolute atomic E-state index is 5.94. The topological polar surface area (TPSA) is 18.5 Å². The van der Waals surface area contributed by atoms with E-state index in [1.54, 1.807) is 0 Å². The van der Waals surface area contributed by atoms with Gasteiger partial charge in [-0.1, -0.05) is 73.1 Å². The second-order valence-corrected chi connectivity index (χ2v) is 6.56. The smallest absolute Gasteiger partial charge is 0.162 e. The molecule has 0 unspecified atom stereocenters. The molecule has 0 atom stereocenters. The summed E-state index contributed by atoms with van der Waals surface area (Å²) in [7, 11) is 0. The molecule has 0 spiro atoms. The molecule has 2 heteroatoms. The van der Waals surface area contributed by atoms with E-state index in [4.69, 9.17) is 9.47 Å². The second-order valence-electron chi connectivity index (χ2n) is 6.56. The molecule has 19 heavy (non-hydrogen) atoms. The first-order valence-corrected chi connectivity index (χ1v) is 8.25. The van der Waals surface area contributed by atoms with E-state index in [1.165, 1.54) is 38.5 Å². The SMILES string of the molecule is CCCCCCOC(OCCCCCC)C(C)(C)C. The van der Waals surface area contributed by atoms with Crippen LogP contribution in [0.15, 0.2) is 0 Å². The van der Waals surface area contributed by atoms with Crippen LogP contribution in [0.25, 0.3) is 0 Å². The van der Waals surface area contributed by atoms with Gasteiger partial charge in [0.25, 0.3) is 0 Å². The lowest BCUT2D eigenvalue weighted by Gasteiger charge is -2.30. The Kier molecular flexibility index (Phi) is 11.7. The first-order valence-electron chi connectivity index (χ1n) is 8.25. The van der Waals surface area contributed by atoms with Gasteiger partial charge in [0.1, 0.15) is 0 Å². The normalized spacial score (nSPS) is 12.3. The van der Waals surface area contributed by atoms with Gasteiger partial charge in [0, 0.05) is 18.6 Å². The van der Waals surface area contributed by atoms with E-state index >= 15 is 0 Å². The zero-order chi connectivity index (χ0) is 14.6. The van der Waals surface area contributed by atoms with Crippen LogP contribution in [0.5, 0.6) is 0 Å². The van der Waals surface area contributed by atoms with Crippen molar-refractivity contribution < 1.29 is 9.47 Å². The molecule has 0 saturated heterocycles. The van der Waals surface area contributed by atoms with Gasteiger partial charge in [-0.15, -0.1) is 0 Å². The molecule has 0 aromatic rings. The Morgan fingerprint density at radius 3 is 1.42 bits per heavy atom. The summed E-state index contributed by atoms with van der Waals surface area (Å²) in [6, 6.07) is 0. The predicted molar refractivity (Wildman–Crippen MR) is 83.4 cm³/mol. The predicted octanol–water partition coefficient (Wildman–Crippen LogP) is 5.55. The van der Waals surface area contributed by atoms with Crippen LogP contribution in [0.2, 0.25) is 0 Å². The highest BCUT2D eigenvalue weighted by molar-refractivity contribution is 4.66. The second kappa shape index (κ2) is 11.7. The van der Waals surface area contributed by atoms with E-state index < -0.39 is 0 Å². The van der Waals surface area contributed by atoms with Crippen LogP contribution in [-0.2, 0) is 9.47 Å². The minimum Gasteiger partial charge on any atom is -0.352 e. The summed E-state index contributed by atoms with van der Waals surface area (Å²) < 4.78 is 11.9. The lowest BCUT2D eigenvalue weighted by atomic mass is 9.96. The van der Waals surface area contributed by atoms with Crippen LogP contribution in [0.1, 0.15) is 86.0 Å². The highest BCUT2D eigenvalue weighted by atomic mass is 16.7. The highest BCUT2D eigenvalue weighted by Crippen LogP contribution is 2.24. The number of hydrogen-bond donors (Lipinski definition) is 0. The van der Waals surface area contributed by atoms with Gasteiger partial charge < -0.3 is 9.47 Å². The Morgan fingerprint density at radius 2 is 1.11 bits per heavy atom. The third-order valence-electron chi connectivity index (χ3n) is 3.24. The number of ether oxygens (including phenoxy) is 2. The molecular formula is C17H36O2. The van der Waals surface area contributed by atoms with Crippen molar-refractivity contribution >= 4 is 0 Å². The molecule has 0 aliphatic carbocycles. The van der Waals surface area contributed by atoms with Crippen molar-refractivity contribution in [3.8, 4) is 0 Å². The van der Waals surface area contributed by atoms with E-state index in [2.05, 4.69) is 34.6 Å². The largest absolute Gasteiger partial charge is 0.352 e. The molecule has 0 heterocycles. The molecule has 0 bridgehead atoms. The van der Waals surface area contributed by atoms with Gasteiger partial charge in [-0.2, -0.15) is 0 Å². The van der Waals surface area contributed by atoms with Crippen molar-refractivity contribution in [3.05, 3.63) is 0 Å². The van der Waals surface area contributed by atoms with E-state index in [9.17, 15) is 0 Å². The Balaban J connectivity index is 3.77. The van der Waals surface area contributed by atoms with Crippen LogP contribution in [0.4, 0.5) is 0 Å². The molecule has 0 aliphatic rings. The zero-order valence-corrected chi connectivity index (χ0v) is 14.0. The highest BCUT2D eigenvalue weighted by Gasteiger charge is 2.25. The Morgan fingerprint density at radius 1 is 0.684 bits per heavy atom. The molecule has 0 aromatic carbocycles. The fourth-order valence-corrected chi connectivity index (χ4v) is 1.99. The van der Waals surface area contributed by atoms with Crippen molar-refractivity contribution in [3.63, 3.8) is 0 Å². The molecule has 0 radical (unpaired) electrons. The van der Waals surface area contributed by atoms with Crippen molar-refractivity contribution in [2.24, 2.45) is 5.41 Å². The monoisotopic (exact) mass is 272 g/mol. The van der Waals surface area contributed by atoms with Crippen LogP contribution >= 0.6 is 0 Å². The summed E-state index contributed by atoms with van der Waals surface area (Å²) in [5.74, 6) is 0. The standard InChI is InChI=1S/C17H36O2/c1-6-8-10-12-14-18-16(17(3,4)5)19-15-13-11-9-7-2/h16H,6-15H2,1-5H3. The van der Waals surface area contributed by atoms with E-state index in [-0.39, 0.29) is 11.7 Å². The van der Waals surface area contributed by atoms with Gasteiger partial charge in [-0.25, -0.2) is 0 Å². The molecule has 2 nitrogen and oxygen atoms in total. The van der Waals surface area contributed by atoms with Gasteiger partial charge in [0.2, 0.25) is 0 Å². The summed E-state index contributed by atoms with van der Waals surface area (Å²) in [6.45, 7) is 12.7. The summed E-state index contributed by atoms with van der Waals surface area (Å²) >= 11 is 0. The Bertz CT molecular complexity index is 170. The van der Waals surface area contributed by atoms with Crippen LogP contribution in [-0.4, -0.2) is 19.5 Å². The van der Waals surface area contributed by atoms with Crippen LogP contribution in [0, 0.1) is 5.41 Å². The average Bonchev–Trinajstić information content (AvgIpc) is 2.34. The molecule has 116 valence electrons. The lowest BCUT2D eigenvalue weighted by molar-refractivity contribution is -0.195. The minimum atomic E-state index is -0.0595. The molecule has 0 aliphatic heterocycles. The van der Waals surface area contributed by atoms with Gasteiger partial charge in [0.05, 0.1) is 0 Å². The molecule has 0 rings (SSSR count). The van der Waals surface area contributed by atoms with E-state index in [1.807, 2.05) is 0 Å². The first kappa shape index (κ1) is 18.9. The fraction of sp³-hybridized carbons (Fsp3) is 1.00. The van der Waals surface area contributed by atoms with E-state index in [0.717, 1.165) is 26.1 Å². The molecule has 0 fully saturated rings. The van der Waals surface area contributed by atoms with Crippen LogP contribution < -0.4 is 0 Å².